The maximum Gasteiger partial charge on any atom is 0.407 e. The molecule has 2 N–H and O–H groups in total. The fraction of sp³-hybridized carbons (Fsp3) is 0.733. The molecular formula is C15H25F3N4O2. The number of nitrogens with zero attached hydrogens (tertiary/aromatic N) is 2. The van der Waals surface area contributed by atoms with Gasteiger partial charge in [-0.05, 0) is 26.8 Å². The first-order valence-corrected chi connectivity index (χ1v) is 7.54. The monoisotopic (exact) mass is 350 g/mol. The minimum absolute atomic E-state index is 0.0111. The number of alkyl carbamates (subject to hydrolysis) is 1. The topological polar surface area (TPSA) is 68.2 Å². The molecular weight excluding hydrogens is 325 g/mol. The molecule has 0 spiro atoms. The van der Waals surface area contributed by atoms with Crippen LogP contribution in [0.2, 0.25) is 0 Å². The molecule has 1 aromatic heterocycles. The second-order valence-electron chi connectivity index (χ2n) is 7.49. The fourth-order valence-electron chi connectivity index (χ4n) is 1.69. The van der Waals surface area contributed by atoms with Gasteiger partial charge < -0.3 is 15.5 Å². The lowest BCUT2D eigenvalue weighted by molar-refractivity contribution is -0.117. The molecule has 1 aromatic rings. The predicted molar refractivity (Wildman–Crippen MR) is 84.3 cm³/mol. The molecule has 0 unspecified atom stereocenters. The molecule has 0 saturated carbocycles. The Labute approximate surface area is 139 Å². The van der Waals surface area contributed by atoms with Crippen LogP contribution in [0, 0.1) is 0 Å². The summed E-state index contributed by atoms with van der Waals surface area (Å²) < 4.78 is 42.4. The van der Waals surface area contributed by atoms with Crippen molar-refractivity contribution in [1.29, 1.82) is 0 Å². The normalized spacial score (nSPS) is 12.9. The molecule has 9 heteroatoms. The highest BCUT2D eigenvalue weighted by molar-refractivity contribution is 5.67. The first kappa shape index (κ1) is 20.1. The summed E-state index contributed by atoms with van der Waals surface area (Å²) in [6.07, 6.45) is -5.02. The number of carbonyl (C=O) groups excluding carboxylic acids is 1. The predicted octanol–water partition coefficient (Wildman–Crippen LogP) is 3.31. The minimum Gasteiger partial charge on any atom is -0.444 e. The van der Waals surface area contributed by atoms with E-state index in [1.54, 1.807) is 26.8 Å². The standard InChI is InChI=1S/C15H25F3N4O2/c1-13(2,3)11-7-10(8-19-12(23)24-14(4,5)6)22(21-11)20-9-15(16,17)18/h7,20H,8-9H2,1-6H3,(H,19,23). The van der Waals surface area contributed by atoms with Crippen molar-refractivity contribution in [2.45, 2.75) is 65.3 Å². The minimum atomic E-state index is -4.37. The first-order valence-electron chi connectivity index (χ1n) is 7.54. The summed E-state index contributed by atoms with van der Waals surface area (Å²) in [5.74, 6) is 0. The first-order chi connectivity index (χ1) is 10.7. The van der Waals surface area contributed by atoms with E-state index in [-0.39, 0.29) is 12.0 Å². The molecule has 1 heterocycles. The number of hydrogen-bond acceptors (Lipinski definition) is 4. The van der Waals surface area contributed by atoms with Crippen molar-refractivity contribution in [2.75, 3.05) is 12.0 Å². The Morgan fingerprint density at radius 1 is 1.21 bits per heavy atom. The maximum atomic E-state index is 12.4. The number of amides is 1. The van der Waals surface area contributed by atoms with Gasteiger partial charge in [0.2, 0.25) is 0 Å². The van der Waals surface area contributed by atoms with Crippen LogP contribution in [0.3, 0.4) is 0 Å². The molecule has 1 amide bonds. The van der Waals surface area contributed by atoms with Gasteiger partial charge in [-0.2, -0.15) is 23.1 Å². The summed E-state index contributed by atoms with van der Waals surface area (Å²) >= 11 is 0. The van der Waals surface area contributed by atoms with Crippen LogP contribution in [0.1, 0.15) is 52.9 Å². The number of alkyl halides is 3. The van der Waals surface area contributed by atoms with Gasteiger partial charge in [-0.3, -0.25) is 0 Å². The second kappa shape index (κ2) is 6.90. The van der Waals surface area contributed by atoms with E-state index in [0.29, 0.717) is 11.4 Å². The van der Waals surface area contributed by atoms with Crippen LogP contribution >= 0.6 is 0 Å². The summed E-state index contributed by atoms with van der Waals surface area (Å²) in [5.41, 5.74) is 2.21. The average Bonchev–Trinajstić information content (AvgIpc) is 2.74. The van der Waals surface area contributed by atoms with Crippen LogP contribution in [-0.2, 0) is 16.7 Å². The fourth-order valence-corrected chi connectivity index (χ4v) is 1.69. The van der Waals surface area contributed by atoms with Crippen molar-refractivity contribution in [1.82, 2.24) is 15.2 Å². The van der Waals surface area contributed by atoms with Crippen LogP contribution < -0.4 is 10.7 Å². The number of ether oxygens (including phenoxy) is 1. The highest BCUT2D eigenvalue weighted by atomic mass is 19.4. The molecule has 0 radical (unpaired) electrons. The number of aromatic nitrogens is 2. The van der Waals surface area contributed by atoms with E-state index in [9.17, 15) is 18.0 Å². The van der Waals surface area contributed by atoms with E-state index in [4.69, 9.17) is 4.74 Å². The van der Waals surface area contributed by atoms with E-state index in [2.05, 4.69) is 15.8 Å². The lowest BCUT2D eigenvalue weighted by atomic mass is 9.92. The summed E-state index contributed by atoms with van der Waals surface area (Å²) in [4.78, 5) is 12.7. The van der Waals surface area contributed by atoms with Crippen LogP contribution in [0.4, 0.5) is 18.0 Å². The lowest BCUT2D eigenvalue weighted by Gasteiger charge is -2.19. The van der Waals surface area contributed by atoms with Crippen molar-refractivity contribution in [3.63, 3.8) is 0 Å². The second-order valence-corrected chi connectivity index (χ2v) is 7.49. The molecule has 1 rings (SSSR count). The Morgan fingerprint density at radius 3 is 2.25 bits per heavy atom. The highest BCUT2D eigenvalue weighted by Gasteiger charge is 2.28. The largest absolute Gasteiger partial charge is 0.444 e. The van der Waals surface area contributed by atoms with Gasteiger partial charge in [0.15, 0.2) is 0 Å². The SMILES string of the molecule is CC(C)(C)OC(=O)NCc1cc(C(C)(C)C)nn1NCC(F)(F)F. The van der Waals surface area contributed by atoms with Gasteiger partial charge in [0, 0.05) is 5.41 Å². The van der Waals surface area contributed by atoms with Crippen molar-refractivity contribution < 1.29 is 22.7 Å². The molecule has 0 aliphatic rings. The number of carbonyl (C=O) groups is 1. The molecule has 0 aromatic carbocycles. The Kier molecular flexibility index (Phi) is 5.78. The molecule has 0 saturated heterocycles. The number of nitrogens with one attached hydrogen (secondary N) is 2. The number of rotatable bonds is 4. The Hall–Kier alpha value is -1.93. The van der Waals surface area contributed by atoms with Crippen LogP contribution in [-0.4, -0.2) is 34.3 Å². The third-order valence-electron chi connectivity index (χ3n) is 2.79. The van der Waals surface area contributed by atoms with Crippen molar-refractivity contribution in [2.24, 2.45) is 0 Å². The number of halogens is 3. The third-order valence-corrected chi connectivity index (χ3v) is 2.79. The summed E-state index contributed by atoms with van der Waals surface area (Å²) in [6.45, 7) is 9.62. The van der Waals surface area contributed by atoms with Crippen molar-refractivity contribution >= 4 is 6.09 Å². The molecule has 0 aliphatic heterocycles. The Balaban J connectivity index is 2.86. The van der Waals surface area contributed by atoms with E-state index in [1.807, 2.05) is 20.8 Å². The third kappa shape index (κ3) is 7.10. The van der Waals surface area contributed by atoms with Crippen molar-refractivity contribution in [3.8, 4) is 0 Å². The molecule has 0 fully saturated rings. The van der Waals surface area contributed by atoms with Gasteiger partial charge in [0.1, 0.15) is 12.1 Å². The van der Waals surface area contributed by atoms with E-state index < -0.39 is 24.4 Å². The van der Waals surface area contributed by atoms with E-state index in [0.717, 1.165) is 4.79 Å². The molecule has 0 bridgehead atoms. The Bertz CT molecular complexity index is 569. The van der Waals surface area contributed by atoms with Crippen LogP contribution in [0.25, 0.3) is 0 Å². The number of hydrogen-bond donors (Lipinski definition) is 2. The van der Waals surface area contributed by atoms with Gasteiger partial charge in [-0.1, -0.05) is 20.8 Å². The molecule has 138 valence electrons. The van der Waals surface area contributed by atoms with Gasteiger partial charge >= 0.3 is 12.3 Å². The maximum absolute atomic E-state index is 12.4. The van der Waals surface area contributed by atoms with Gasteiger partial charge in [-0.25, -0.2) is 4.79 Å². The quantitative estimate of drug-likeness (QED) is 0.874. The summed E-state index contributed by atoms with van der Waals surface area (Å²) in [5, 5.41) is 6.67. The van der Waals surface area contributed by atoms with Gasteiger partial charge in [-0.15, -0.1) is 0 Å². The zero-order chi connectivity index (χ0) is 18.8. The summed E-state index contributed by atoms with van der Waals surface area (Å²) in [7, 11) is 0. The zero-order valence-electron chi connectivity index (χ0n) is 14.8. The van der Waals surface area contributed by atoms with Gasteiger partial charge in [0.05, 0.1) is 17.9 Å². The van der Waals surface area contributed by atoms with E-state index in [1.165, 1.54) is 0 Å². The molecule has 6 nitrogen and oxygen atoms in total. The summed E-state index contributed by atoms with van der Waals surface area (Å²) in [6, 6.07) is 1.65. The van der Waals surface area contributed by atoms with Gasteiger partial charge in [0.25, 0.3) is 0 Å². The zero-order valence-corrected chi connectivity index (χ0v) is 14.8. The molecule has 0 atom stereocenters. The Morgan fingerprint density at radius 2 is 1.79 bits per heavy atom. The van der Waals surface area contributed by atoms with Crippen molar-refractivity contribution in [3.05, 3.63) is 17.5 Å². The lowest BCUT2D eigenvalue weighted by Crippen LogP contribution is -2.34. The average molecular weight is 350 g/mol. The molecule has 0 aliphatic carbocycles. The van der Waals surface area contributed by atoms with Crippen LogP contribution in [0.15, 0.2) is 6.07 Å². The van der Waals surface area contributed by atoms with E-state index >= 15 is 0 Å². The molecule has 24 heavy (non-hydrogen) atoms. The smallest absolute Gasteiger partial charge is 0.407 e. The highest BCUT2D eigenvalue weighted by Crippen LogP contribution is 2.22. The van der Waals surface area contributed by atoms with Crippen LogP contribution in [0.5, 0.6) is 0 Å².